The highest BCUT2D eigenvalue weighted by Gasteiger charge is 2.27. The van der Waals surface area contributed by atoms with E-state index in [4.69, 9.17) is 10.2 Å². The molecule has 4 nitrogen and oxygen atoms in total. The van der Waals surface area contributed by atoms with Gasteiger partial charge in [0.05, 0.1) is 12.2 Å². The fourth-order valence-electron chi connectivity index (χ4n) is 0.914. The minimum Gasteiger partial charge on any atom is -0.396 e. The van der Waals surface area contributed by atoms with Crippen molar-refractivity contribution in [3.05, 3.63) is 0 Å². The zero-order chi connectivity index (χ0) is 9.72. The first kappa shape index (κ1) is 11.8. The van der Waals surface area contributed by atoms with Gasteiger partial charge in [0, 0.05) is 12.5 Å². The molecule has 0 rings (SSSR count). The van der Waals surface area contributed by atoms with Crippen molar-refractivity contribution in [3.63, 3.8) is 0 Å². The molecule has 0 aliphatic rings. The second-order valence-electron chi connectivity index (χ2n) is 3.12. The Hall–Kier alpha value is -0.160. The van der Waals surface area contributed by atoms with E-state index < -0.39 is 24.2 Å². The molecule has 0 aromatic rings. The Morgan fingerprint density at radius 2 is 1.58 bits per heavy atom. The van der Waals surface area contributed by atoms with Crippen molar-refractivity contribution in [2.24, 2.45) is 5.92 Å². The molecular formula is C8H18O4. The lowest BCUT2D eigenvalue weighted by Gasteiger charge is -2.25. The third kappa shape index (κ3) is 3.06. The van der Waals surface area contributed by atoms with Crippen LogP contribution < -0.4 is 0 Å². The molecular weight excluding hydrogens is 160 g/mol. The van der Waals surface area contributed by atoms with Crippen LogP contribution in [0.25, 0.3) is 0 Å². The second kappa shape index (κ2) is 5.48. The Balaban J connectivity index is 3.99. The van der Waals surface area contributed by atoms with Crippen LogP contribution in [0, 0.1) is 5.92 Å². The van der Waals surface area contributed by atoms with E-state index in [1.807, 2.05) is 0 Å². The van der Waals surface area contributed by atoms with Crippen molar-refractivity contribution in [3.8, 4) is 0 Å². The Labute approximate surface area is 72.5 Å². The van der Waals surface area contributed by atoms with Gasteiger partial charge in [-0.1, -0.05) is 13.8 Å². The quantitative estimate of drug-likeness (QED) is 0.440. The molecule has 0 aliphatic carbocycles. The van der Waals surface area contributed by atoms with Crippen LogP contribution in [0.5, 0.6) is 0 Å². The summed E-state index contributed by atoms with van der Waals surface area (Å²) in [6, 6.07) is 0. The normalized spacial score (nSPS) is 21.5. The summed E-state index contributed by atoms with van der Waals surface area (Å²) in [4.78, 5) is 0. The molecule has 0 radical (unpaired) electrons. The molecule has 0 aromatic heterocycles. The molecule has 0 aliphatic heterocycles. The summed E-state index contributed by atoms with van der Waals surface area (Å²) in [5.74, 6) is -0.416. The molecule has 0 saturated carbocycles. The predicted octanol–water partition coefficient (Wildman–Crippen LogP) is -0.893. The van der Waals surface area contributed by atoms with E-state index in [0.717, 1.165) is 0 Å². The van der Waals surface area contributed by atoms with Crippen LogP contribution in [0.15, 0.2) is 0 Å². The van der Waals surface area contributed by atoms with E-state index in [1.165, 1.54) is 0 Å². The fourth-order valence-corrected chi connectivity index (χ4v) is 0.914. The molecule has 2 unspecified atom stereocenters. The standard InChI is InChI=1S/C8H18O4/c1-3-6(10)8(12)7(11)5(2)4-9/h5-12H,3-4H2,1-2H3/t5?,6-,7+,8?/m1/s1. The zero-order valence-electron chi connectivity index (χ0n) is 7.51. The first-order chi connectivity index (χ1) is 5.54. The van der Waals surface area contributed by atoms with Crippen molar-refractivity contribution in [2.45, 2.75) is 38.6 Å². The molecule has 4 atom stereocenters. The van der Waals surface area contributed by atoms with Crippen molar-refractivity contribution in [2.75, 3.05) is 6.61 Å². The first-order valence-corrected chi connectivity index (χ1v) is 4.19. The highest BCUT2D eigenvalue weighted by atomic mass is 16.4. The van der Waals surface area contributed by atoms with Crippen molar-refractivity contribution in [1.29, 1.82) is 0 Å². The zero-order valence-corrected chi connectivity index (χ0v) is 7.51. The largest absolute Gasteiger partial charge is 0.396 e. The van der Waals surface area contributed by atoms with E-state index in [9.17, 15) is 10.2 Å². The maximum atomic E-state index is 9.32. The summed E-state index contributed by atoms with van der Waals surface area (Å²) >= 11 is 0. The molecule has 4 heteroatoms. The lowest BCUT2D eigenvalue weighted by atomic mass is 9.96. The third-order valence-electron chi connectivity index (χ3n) is 2.03. The number of hydrogen-bond donors (Lipinski definition) is 4. The summed E-state index contributed by atoms with van der Waals surface area (Å²) in [7, 11) is 0. The molecule has 0 saturated heterocycles. The van der Waals surface area contributed by atoms with Gasteiger partial charge in [-0.2, -0.15) is 0 Å². The van der Waals surface area contributed by atoms with Gasteiger partial charge in [0.1, 0.15) is 6.10 Å². The van der Waals surface area contributed by atoms with Gasteiger partial charge in [-0.3, -0.25) is 0 Å². The van der Waals surface area contributed by atoms with E-state index in [-0.39, 0.29) is 6.61 Å². The Morgan fingerprint density at radius 3 is 1.92 bits per heavy atom. The molecule has 12 heavy (non-hydrogen) atoms. The van der Waals surface area contributed by atoms with E-state index >= 15 is 0 Å². The van der Waals surface area contributed by atoms with Gasteiger partial charge in [-0.15, -0.1) is 0 Å². The first-order valence-electron chi connectivity index (χ1n) is 4.19. The molecule has 4 N–H and O–H groups in total. The molecule has 0 amide bonds. The summed E-state index contributed by atoms with van der Waals surface area (Å²) in [6.45, 7) is 3.12. The molecule has 0 aromatic carbocycles. The molecule has 0 fully saturated rings. The number of aliphatic hydroxyl groups excluding tert-OH is 4. The van der Waals surface area contributed by atoms with Gasteiger partial charge in [0.15, 0.2) is 0 Å². The lowest BCUT2D eigenvalue weighted by molar-refractivity contribution is -0.0855. The van der Waals surface area contributed by atoms with Gasteiger partial charge in [0.2, 0.25) is 0 Å². The number of hydrogen-bond acceptors (Lipinski definition) is 4. The van der Waals surface area contributed by atoms with Crippen LogP contribution in [-0.4, -0.2) is 45.3 Å². The Morgan fingerprint density at radius 1 is 1.08 bits per heavy atom. The second-order valence-corrected chi connectivity index (χ2v) is 3.12. The van der Waals surface area contributed by atoms with Crippen LogP contribution in [0.3, 0.4) is 0 Å². The van der Waals surface area contributed by atoms with Gasteiger partial charge in [0.25, 0.3) is 0 Å². The van der Waals surface area contributed by atoms with Crippen molar-refractivity contribution in [1.82, 2.24) is 0 Å². The van der Waals surface area contributed by atoms with E-state index in [0.29, 0.717) is 6.42 Å². The van der Waals surface area contributed by atoms with Crippen LogP contribution in [0.4, 0.5) is 0 Å². The summed E-state index contributed by atoms with van der Waals surface area (Å²) in [6.07, 6.45) is -2.77. The number of rotatable bonds is 5. The van der Waals surface area contributed by atoms with Crippen LogP contribution in [-0.2, 0) is 0 Å². The van der Waals surface area contributed by atoms with Crippen LogP contribution in [0.2, 0.25) is 0 Å². The average Bonchev–Trinajstić information content (AvgIpc) is 2.12. The predicted molar refractivity (Wildman–Crippen MR) is 44.6 cm³/mol. The van der Waals surface area contributed by atoms with Crippen molar-refractivity contribution >= 4 is 0 Å². The van der Waals surface area contributed by atoms with E-state index in [1.54, 1.807) is 13.8 Å². The lowest BCUT2D eigenvalue weighted by Crippen LogP contribution is -2.41. The van der Waals surface area contributed by atoms with Gasteiger partial charge in [-0.05, 0) is 6.42 Å². The van der Waals surface area contributed by atoms with Gasteiger partial charge in [-0.25, -0.2) is 0 Å². The Kier molecular flexibility index (Phi) is 5.41. The van der Waals surface area contributed by atoms with Gasteiger partial charge >= 0.3 is 0 Å². The molecule has 0 spiro atoms. The number of aliphatic hydroxyl groups is 4. The SMILES string of the molecule is CC[C@@H](O)C(O)[C@@H](O)C(C)CO. The smallest absolute Gasteiger partial charge is 0.106 e. The molecule has 0 heterocycles. The summed E-state index contributed by atoms with van der Waals surface area (Å²) < 4.78 is 0. The summed E-state index contributed by atoms with van der Waals surface area (Å²) in [5, 5.41) is 36.4. The summed E-state index contributed by atoms with van der Waals surface area (Å²) in [5.41, 5.74) is 0. The third-order valence-corrected chi connectivity index (χ3v) is 2.03. The monoisotopic (exact) mass is 178 g/mol. The topological polar surface area (TPSA) is 80.9 Å². The fraction of sp³-hybridized carbons (Fsp3) is 1.00. The van der Waals surface area contributed by atoms with Crippen LogP contribution >= 0.6 is 0 Å². The molecule has 0 bridgehead atoms. The maximum Gasteiger partial charge on any atom is 0.106 e. The van der Waals surface area contributed by atoms with Crippen LogP contribution in [0.1, 0.15) is 20.3 Å². The van der Waals surface area contributed by atoms with Gasteiger partial charge < -0.3 is 20.4 Å². The highest BCUT2D eigenvalue weighted by Crippen LogP contribution is 2.11. The molecule has 74 valence electrons. The van der Waals surface area contributed by atoms with Crippen molar-refractivity contribution < 1.29 is 20.4 Å². The van der Waals surface area contributed by atoms with E-state index in [2.05, 4.69) is 0 Å². The Bertz CT molecular complexity index is 104. The minimum absolute atomic E-state index is 0.200. The average molecular weight is 178 g/mol. The minimum atomic E-state index is -1.17. The maximum absolute atomic E-state index is 9.32. The highest BCUT2D eigenvalue weighted by molar-refractivity contribution is 4.77.